The summed E-state index contributed by atoms with van der Waals surface area (Å²) in [5.74, 6) is -2.78. The number of carboxylic acids is 2. The minimum absolute atomic E-state index is 0.319. The average Bonchev–Trinajstić information content (AvgIpc) is 2.51. The van der Waals surface area contributed by atoms with Gasteiger partial charge in [0.2, 0.25) is 5.91 Å². The molecule has 0 fully saturated rings. The lowest BCUT2D eigenvalue weighted by molar-refractivity contribution is -0.146. The van der Waals surface area contributed by atoms with Crippen LogP contribution in [-0.2, 0) is 20.8 Å². The minimum atomic E-state index is -1.42. The molecule has 1 aromatic carbocycles. The van der Waals surface area contributed by atoms with E-state index in [4.69, 9.17) is 5.11 Å². The van der Waals surface area contributed by atoms with Gasteiger partial charge in [0.1, 0.15) is 11.6 Å². The van der Waals surface area contributed by atoms with Crippen molar-refractivity contribution in [3.63, 3.8) is 0 Å². The minimum Gasteiger partial charge on any atom is -0.480 e. The largest absolute Gasteiger partial charge is 0.480 e. The van der Waals surface area contributed by atoms with E-state index < -0.39 is 35.5 Å². The predicted octanol–water partition coefficient (Wildman–Crippen LogP) is 1.03. The zero-order valence-corrected chi connectivity index (χ0v) is 14.1. The van der Waals surface area contributed by atoms with Gasteiger partial charge in [-0.2, -0.15) is 0 Å². The first-order chi connectivity index (χ1) is 11.1. The lowest BCUT2D eigenvalue weighted by Gasteiger charge is -2.25. The van der Waals surface area contributed by atoms with Crippen molar-refractivity contribution >= 4 is 17.8 Å². The summed E-state index contributed by atoms with van der Waals surface area (Å²) >= 11 is 0. The third-order valence-electron chi connectivity index (χ3n) is 3.68. The van der Waals surface area contributed by atoms with Crippen molar-refractivity contribution < 1.29 is 24.6 Å². The molecule has 0 aliphatic heterocycles. The predicted molar refractivity (Wildman–Crippen MR) is 88.6 cm³/mol. The van der Waals surface area contributed by atoms with Gasteiger partial charge in [-0.05, 0) is 39.2 Å². The van der Waals surface area contributed by atoms with Crippen molar-refractivity contribution in [1.82, 2.24) is 10.6 Å². The first-order valence-corrected chi connectivity index (χ1v) is 7.71. The Kier molecular flexibility index (Phi) is 6.91. The molecule has 0 bridgehead atoms. The highest BCUT2D eigenvalue weighted by Gasteiger charge is 2.31. The summed E-state index contributed by atoms with van der Waals surface area (Å²) < 4.78 is 0. The van der Waals surface area contributed by atoms with Gasteiger partial charge in [-0.15, -0.1) is 0 Å². The zero-order chi connectivity index (χ0) is 18.3. The lowest BCUT2D eigenvalue weighted by atomic mass is 10.0. The Labute approximate surface area is 141 Å². The number of aryl methyl sites for hydroxylation is 1. The Bertz CT molecular complexity index is 586. The third-order valence-corrected chi connectivity index (χ3v) is 3.68. The number of amides is 1. The molecule has 0 spiro atoms. The highest BCUT2D eigenvalue weighted by Crippen LogP contribution is 2.07. The van der Waals surface area contributed by atoms with Gasteiger partial charge in [0, 0.05) is 0 Å². The van der Waals surface area contributed by atoms with Gasteiger partial charge >= 0.3 is 11.9 Å². The van der Waals surface area contributed by atoms with Gasteiger partial charge in [0.15, 0.2) is 0 Å². The summed E-state index contributed by atoms with van der Waals surface area (Å²) in [5.41, 5.74) is -0.412. The molecule has 0 saturated carbocycles. The van der Waals surface area contributed by atoms with Crippen molar-refractivity contribution in [3.8, 4) is 0 Å². The van der Waals surface area contributed by atoms with Crippen LogP contribution < -0.4 is 10.6 Å². The van der Waals surface area contributed by atoms with E-state index in [0.29, 0.717) is 12.8 Å². The number of nitrogens with one attached hydrogen (secondary N) is 2. The molecule has 0 aliphatic carbocycles. The molecule has 1 amide bonds. The van der Waals surface area contributed by atoms with Crippen LogP contribution in [0.15, 0.2) is 30.3 Å². The van der Waals surface area contributed by atoms with E-state index in [0.717, 1.165) is 5.56 Å². The van der Waals surface area contributed by atoms with Gasteiger partial charge in [0.05, 0.1) is 6.04 Å². The average molecular weight is 336 g/mol. The van der Waals surface area contributed by atoms with E-state index in [-0.39, 0.29) is 0 Å². The van der Waals surface area contributed by atoms with Crippen LogP contribution in [-0.4, -0.2) is 45.7 Å². The van der Waals surface area contributed by atoms with Gasteiger partial charge in [-0.3, -0.25) is 14.9 Å². The number of carbonyl (C=O) groups excluding carboxylic acids is 1. The topological polar surface area (TPSA) is 116 Å². The highest BCUT2D eigenvalue weighted by molar-refractivity contribution is 5.89. The second-order valence-electron chi connectivity index (χ2n) is 6.22. The molecule has 7 nitrogen and oxygen atoms in total. The fourth-order valence-corrected chi connectivity index (χ4v) is 2.08. The Morgan fingerprint density at radius 1 is 1.12 bits per heavy atom. The quantitative estimate of drug-likeness (QED) is 0.535. The molecule has 0 saturated heterocycles. The second kappa shape index (κ2) is 8.44. The van der Waals surface area contributed by atoms with Crippen LogP contribution >= 0.6 is 0 Å². The number of benzene rings is 1. The van der Waals surface area contributed by atoms with Crippen LogP contribution in [0.3, 0.4) is 0 Å². The summed E-state index contributed by atoms with van der Waals surface area (Å²) in [5, 5.41) is 23.5. The summed E-state index contributed by atoms with van der Waals surface area (Å²) in [6, 6.07) is 7.71. The molecule has 4 N–H and O–H groups in total. The molecule has 0 aromatic heterocycles. The molecule has 24 heavy (non-hydrogen) atoms. The van der Waals surface area contributed by atoms with Gasteiger partial charge in [-0.25, -0.2) is 4.79 Å². The number of aliphatic carboxylic acids is 2. The van der Waals surface area contributed by atoms with E-state index in [2.05, 4.69) is 10.6 Å². The van der Waals surface area contributed by atoms with Crippen molar-refractivity contribution in [3.05, 3.63) is 35.9 Å². The Balaban J connectivity index is 2.62. The maximum atomic E-state index is 12.1. The summed E-state index contributed by atoms with van der Waals surface area (Å²) in [7, 11) is 0. The standard InChI is InChI=1S/C17H24N2O5/c1-11(14(20)19-17(2,3)16(23)24)18-13(15(21)22)10-9-12-7-5-4-6-8-12/h4-8,11,13,18H,9-10H2,1-3H3,(H,19,20)(H,21,22)(H,23,24)/t11-,13?/m0/s1. The maximum Gasteiger partial charge on any atom is 0.328 e. The van der Waals surface area contributed by atoms with Crippen LogP contribution in [0.25, 0.3) is 0 Å². The molecule has 0 heterocycles. The van der Waals surface area contributed by atoms with E-state index >= 15 is 0 Å². The van der Waals surface area contributed by atoms with E-state index in [1.807, 2.05) is 30.3 Å². The summed E-state index contributed by atoms with van der Waals surface area (Å²) in [4.78, 5) is 34.5. The van der Waals surface area contributed by atoms with E-state index in [9.17, 15) is 19.5 Å². The molecular weight excluding hydrogens is 312 g/mol. The molecule has 1 unspecified atom stereocenters. The van der Waals surface area contributed by atoms with Crippen molar-refractivity contribution in [2.45, 2.75) is 51.2 Å². The highest BCUT2D eigenvalue weighted by atomic mass is 16.4. The molecule has 2 atom stereocenters. The summed E-state index contributed by atoms with van der Waals surface area (Å²) in [6.45, 7) is 4.24. The smallest absolute Gasteiger partial charge is 0.328 e. The van der Waals surface area contributed by atoms with Crippen LogP contribution in [0.4, 0.5) is 0 Å². The Morgan fingerprint density at radius 2 is 1.71 bits per heavy atom. The molecule has 1 aromatic rings. The molecule has 132 valence electrons. The molecule has 1 rings (SSSR count). The third kappa shape index (κ3) is 6.00. The monoisotopic (exact) mass is 336 g/mol. The maximum absolute atomic E-state index is 12.1. The first kappa shape index (κ1) is 19.6. The number of carboxylic acid groups (broad SMARTS) is 2. The van der Waals surface area contributed by atoms with Crippen molar-refractivity contribution in [2.24, 2.45) is 0 Å². The van der Waals surface area contributed by atoms with Crippen LogP contribution in [0.5, 0.6) is 0 Å². The summed E-state index contributed by atoms with van der Waals surface area (Å²) in [6.07, 6.45) is 0.874. The molecule has 0 radical (unpaired) electrons. The van der Waals surface area contributed by atoms with Gasteiger partial charge in [0.25, 0.3) is 0 Å². The number of hydrogen-bond donors (Lipinski definition) is 4. The van der Waals surface area contributed by atoms with E-state index in [1.54, 1.807) is 0 Å². The van der Waals surface area contributed by atoms with Crippen LogP contribution in [0, 0.1) is 0 Å². The molecule has 0 aliphatic rings. The first-order valence-electron chi connectivity index (χ1n) is 7.71. The Hall–Kier alpha value is -2.41. The fraction of sp³-hybridized carbons (Fsp3) is 0.471. The number of hydrogen-bond acceptors (Lipinski definition) is 4. The number of carbonyl (C=O) groups is 3. The molecular formula is C17H24N2O5. The van der Waals surface area contributed by atoms with Gasteiger partial charge < -0.3 is 15.5 Å². The second-order valence-corrected chi connectivity index (χ2v) is 6.22. The lowest BCUT2D eigenvalue weighted by Crippen LogP contribution is -2.56. The van der Waals surface area contributed by atoms with E-state index in [1.165, 1.54) is 20.8 Å². The zero-order valence-electron chi connectivity index (χ0n) is 14.1. The van der Waals surface area contributed by atoms with Crippen LogP contribution in [0.2, 0.25) is 0 Å². The van der Waals surface area contributed by atoms with Crippen LogP contribution in [0.1, 0.15) is 32.8 Å². The number of rotatable bonds is 9. The Morgan fingerprint density at radius 3 is 2.21 bits per heavy atom. The van der Waals surface area contributed by atoms with Crippen molar-refractivity contribution in [1.29, 1.82) is 0 Å². The van der Waals surface area contributed by atoms with Crippen molar-refractivity contribution in [2.75, 3.05) is 0 Å². The fourth-order valence-electron chi connectivity index (χ4n) is 2.08. The molecule has 7 heteroatoms. The van der Waals surface area contributed by atoms with Gasteiger partial charge in [-0.1, -0.05) is 30.3 Å². The SMILES string of the molecule is C[C@H](NC(CCc1ccccc1)C(=O)O)C(=O)NC(C)(C)C(=O)O. The normalized spacial score (nSPS) is 13.8.